The summed E-state index contributed by atoms with van der Waals surface area (Å²) in [4.78, 5) is 13.3. The highest BCUT2D eigenvalue weighted by Gasteiger charge is 2.20. The Morgan fingerprint density at radius 2 is 2.14 bits per heavy atom. The van der Waals surface area contributed by atoms with Gasteiger partial charge in [0.2, 0.25) is 5.95 Å². The van der Waals surface area contributed by atoms with E-state index in [1.807, 2.05) is 12.3 Å². The first kappa shape index (κ1) is 14.9. The molecule has 0 bridgehead atoms. The Morgan fingerprint density at radius 3 is 2.82 bits per heavy atom. The second kappa shape index (κ2) is 6.84. The van der Waals surface area contributed by atoms with E-state index in [0.717, 1.165) is 10.7 Å². The normalized spacial score (nSPS) is 16.9. The maximum absolute atomic E-state index is 9.49. The van der Waals surface area contributed by atoms with Crippen LogP contribution in [-0.2, 0) is 0 Å². The third-order valence-electron chi connectivity index (χ3n) is 3.92. The quantitative estimate of drug-likeness (QED) is 0.932. The topological polar surface area (TPSA) is 74.5 Å². The fourth-order valence-corrected chi connectivity index (χ4v) is 3.64. The van der Waals surface area contributed by atoms with Crippen LogP contribution in [-0.4, -0.2) is 21.0 Å². The van der Waals surface area contributed by atoms with Crippen LogP contribution in [0.1, 0.15) is 54.4 Å². The maximum Gasteiger partial charge on any atom is 0.223 e. The van der Waals surface area contributed by atoms with Gasteiger partial charge in [-0.15, -0.1) is 11.3 Å². The molecule has 114 valence electrons. The number of rotatable bonds is 4. The van der Waals surface area contributed by atoms with Crippen LogP contribution in [0.5, 0.6) is 0 Å². The first-order valence-corrected chi connectivity index (χ1v) is 8.55. The SMILES string of the molecule is Cc1csc(C(C#N)c2ccnc(NC3CCCCC3)n2)n1. The van der Waals surface area contributed by atoms with Crippen molar-refractivity contribution in [1.82, 2.24) is 15.0 Å². The third kappa shape index (κ3) is 3.42. The van der Waals surface area contributed by atoms with Gasteiger partial charge in [-0.1, -0.05) is 19.3 Å². The molecule has 22 heavy (non-hydrogen) atoms. The Kier molecular flexibility index (Phi) is 4.64. The number of nitrogens with one attached hydrogen (secondary N) is 1. The molecule has 0 aliphatic heterocycles. The van der Waals surface area contributed by atoms with Gasteiger partial charge in [0.1, 0.15) is 10.9 Å². The highest BCUT2D eigenvalue weighted by Crippen LogP contribution is 2.26. The first-order valence-electron chi connectivity index (χ1n) is 7.67. The molecular formula is C16H19N5S. The molecule has 1 saturated carbocycles. The highest BCUT2D eigenvalue weighted by atomic mass is 32.1. The summed E-state index contributed by atoms with van der Waals surface area (Å²) in [6, 6.07) is 4.56. The number of nitriles is 1. The van der Waals surface area contributed by atoms with Crippen LogP contribution in [0, 0.1) is 18.3 Å². The lowest BCUT2D eigenvalue weighted by molar-refractivity contribution is 0.460. The Labute approximate surface area is 134 Å². The summed E-state index contributed by atoms with van der Waals surface area (Å²) in [7, 11) is 0. The molecule has 2 aromatic heterocycles. The van der Waals surface area contributed by atoms with Crippen molar-refractivity contribution in [3.8, 4) is 6.07 Å². The molecule has 1 N–H and O–H groups in total. The molecule has 0 radical (unpaired) electrons. The molecule has 2 heterocycles. The van der Waals surface area contributed by atoms with Gasteiger partial charge in [0.15, 0.2) is 0 Å². The number of hydrogen-bond donors (Lipinski definition) is 1. The van der Waals surface area contributed by atoms with Crippen molar-refractivity contribution < 1.29 is 0 Å². The standard InChI is InChI=1S/C16H19N5S/c1-11-10-22-15(19-11)13(9-17)14-7-8-18-16(21-14)20-12-5-3-2-4-6-12/h7-8,10,12-13H,2-6H2,1H3,(H,18,20,21). The molecule has 1 unspecified atom stereocenters. The molecule has 5 nitrogen and oxygen atoms in total. The second-order valence-electron chi connectivity index (χ2n) is 5.67. The molecule has 1 atom stereocenters. The lowest BCUT2D eigenvalue weighted by Gasteiger charge is -2.22. The van der Waals surface area contributed by atoms with Crippen molar-refractivity contribution in [3.05, 3.63) is 34.0 Å². The number of aryl methyl sites for hydroxylation is 1. The van der Waals surface area contributed by atoms with Crippen LogP contribution in [0.25, 0.3) is 0 Å². The number of thiazole rings is 1. The Hall–Kier alpha value is -2.00. The second-order valence-corrected chi connectivity index (χ2v) is 6.56. The minimum absolute atomic E-state index is 0.423. The predicted octanol–water partition coefficient (Wildman–Crippen LogP) is 3.64. The molecule has 1 aliphatic carbocycles. The summed E-state index contributed by atoms with van der Waals surface area (Å²) in [6.07, 6.45) is 7.90. The van der Waals surface area contributed by atoms with Gasteiger partial charge in [-0.3, -0.25) is 0 Å². The molecule has 2 aromatic rings. The van der Waals surface area contributed by atoms with Gasteiger partial charge in [0.05, 0.1) is 11.8 Å². The maximum atomic E-state index is 9.49. The van der Waals surface area contributed by atoms with E-state index in [1.54, 1.807) is 12.3 Å². The summed E-state index contributed by atoms with van der Waals surface area (Å²) in [5.41, 5.74) is 1.65. The fourth-order valence-electron chi connectivity index (χ4n) is 2.79. The zero-order valence-electron chi connectivity index (χ0n) is 12.6. The lowest BCUT2D eigenvalue weighted by Crippen LogP contribution is -2.23. The van der Waals surface area contributed by atoms with E-state index in [0.29, 0.717) is 17.7 Å². The van der Waals surface area contributed by atoms with Gasteiger partial charge >= 0.3 is 0 Å². The molecule has 0 saturated heterocycles. The summed E-state index contributed by atoms with van der Waals surface area (Å²) in [5, 5.41) is 15.7. The monoisotopic (exact) mass is 313 g/mol. The summed E-state index contributed by atoms with van der Waals surface area (Å²) >= 11 is 1.50. The summed E-state index contributed by atoms with van der Waals surface area (Å²) in [5.74, 6) is 0.200. The molecule has 3 rings (SSSR count). The Morgan fingerprint density at radius 1 is 1.32 bits per heavy atom. The average molecular weight is 313 g/mol. The molecule has 1 fully saturated rings. The molecule has 0 aromatic carbocycles. The number of aromatic nitrogens is 3. The van der Waals surface area contributed by atoms with Gasteiger partial charge in [0.25, 0.3) is 0 Å². The van der Waals surface area contributed by atoms with Crippen LogP contribution in [0.2, 0.25) is 0 Å². The van der Waals surface area contributed by atoms with Crippen molar-refractivity contribution in [3.63, 3.8) is 0 Å². The van der Waals surface area contributed by atoms with Gasteiger partial charge < -0.3 is 5.32 Å². The zero-order chi connectivity index (χ0) is 15.4. The van der Waals surface area contributed by atoms with Gasteiger partial charge in [-0.2, -0.15) is 5.26 Å². The first-order chi connectivity index (χ1) is 10.8. The fraction of sp³-hybridized carbons (Fsp3) is 0.500. The van der Waals surface area contributed by atoms with Crippen LogP contribution in [0.15, 0.2) is 17.6 Å². The highest BCUT2D eigenvalue weighted by molar-refractivity contribution is 7.09. The Bertz CT molecular complexity index is 669. The van der Waals surface area contributed by atoms with Crippen molar-refractivity contribution in [1.29, 1.82) is 5.26 Å². The lowest BCUT2D eigenvalue weighted by atomic mass is 9.96. The van der Waals surface area contributed by atoms with E-state index in [1.165, 1.54) is 43.4 Å². The van der Waals surface area contributed by atoms with E-state index in [4.69, 9.17) is 0 Å². The molecule has 6 heteroatoms. The number of hydrogen-bond acceptors (Lipinski definition) is 6. The minimum Gasteiger partial charge on any atom is -0.351 e. The smallest absolute Gasteiger partial charge is 0.223 e. The molecular weight excluding hydrogens is 294 g/mol. The van der Waals surface area contributed by atoms with E-state index >= 15 is 0 Å². The van der Waals surface area contributed by atoms with E-state index in [-0.39, 0.29) is 0 Å². The molecule has 0 amide bonds. The summed E-state index contributed by atoms with van der Waals surface area (Å²) < 4.78 is 0. The van der Waals surface area contributed by atoms with Gasteiger partial charge in [-0.25, -0.2) is 15.0 Å². The van der Waals surface area contributed by atoms with Crippen molar-refractivity contribution in [2.45, 2.75) is 51.0 Å². The van der Waals surface area contributed by atoms with Gasteiger partial charge in [0, 0.05) is 23.3 Å². The van der Waals surface area contributed by atoms with Crippen molar-refractivity contribution >= 4 is 17.3 Å². The third-order valence-corrected chi connectivity index (χ3v) is 4.95. The minimum atomic E-state index is -0.423. The number of anilines is 1. The largest absolute Gasteiger partial charge is 0.351 e. The Balaban J connectivity index is 1.79. The summed E-state index contributed by atoms with van der Waals surface area (Å²) in [6.45, 7) is 1.93. The number of nitrogens with zero attached hydrogens (tertiary/aromatic N) is 4. The average Bonchev–Trinajstić information content (AvgIpc) is 2.96. The van der Waals surface area contributed by atoms with E-state index in [9.17, 15) is 5.26 Å². The van der Waals surface area contributed by atoms with E-state index in [2.05, 4.69) is 26.3 Å². The molecule has 0 spiro atoms. The zero-order valence-corrected chi connectivity index (χ0v) is 13.4. The van der Waals surface area contributed by atoms with Crippen molar-refractivity contribution in [2.24, 2.45) is 0 Å². The predicted molar refractivity (Wildman–Crippen MR) is 86.8 cm³/mol. The van der Waals surface area contributed by atoms with Crippen LogP contribution >= 0.6 is 11.3 Å². The van der Waals surface area contributed by atoms with Gasteiger partial charge in [-0.05, 0) is 25.8 Å². The van der Waals surface area contributed by atoms with E-state index < -0.39 is 5.92 Å². The van der Waals surface area contributed by atoms with Crippen molar-refractivity contribution in [2.75, 3.05) is 5.32 Å². The van der Waals surface area contributed by atoms with Crippen LogP contribution in [0.4, 0.5) is 5.95 Å². The molecule has 1 aliphatic rings. The van der Waals surface area contributed by atoms with Crippen LogP contribution in [0.3, 0.4) is 0 Å². The van der Waals surface area contributed by atoms with Crippen LogP contribution < -0.4 is 5.32 Å².